The largest absolute Gasteiger partial charge is 0.457 e. The summed E-state index contributed by atoms with van der Waals surface area (Å²) in [7, 11) is 0. The van der Waals surface area contributed by atoms with Gasteiger partial charge in [-0.15, -0.1) is 0 Å². The fourth-order valence-electron chi connectivity index (χ4n) is 4.08. The van der Waals surface area contributed by atoms with E-state index in [0.29, 0.717) is 0 Å². The fourth-order valence-corrected chi connectivity index (χ4v) is 4.08. The second kappa shape index (κ2) is 10.9. The van der Waals surface area contributed by atoms with Crippen LogP contribution < -0.4 is 9.47 Å². The highest BCUT2D eigenvalue weighted by Crippen LogP contribution is 2.35. The molecule has 0 bridgehead atoms. The lowest BCUT2D eigenvalue weighted by molar-refractivity contribution is 0.480. The molecule has 4 aromatic carbocycles. The SMILES string of the molecule is CC=Cc1ccccc1Oc1ccc(C(C)(C)c2ccc(Oc3ccccc3C=CC)cc2)cc1. The van der Waals surface area contributed by atoms with E-state index >= 15 is 0 Å². The zero-order chi connectivity index (χ0) is 24.7. The van der Waals surface area contributed by atoms with Crippen LogP contribution in [0, 0.1) is 0 Å². The molecule has 0 fully saturated rings. The van der Waals surface area contributed by atoms with Gasteiger partial charge in [0.05, 0.1) is 0 Å². The summed E-state index contributed by atoms with van der Waals surface area (Å²) in [6.07, 6.45) is 8.15. The summed E-state index contributed by atoms with van der Waals surface area (Å²) in [6, 6.07) is 32.9. The third-order valence-corrected chi connectivity index (χ3v) is 6.14. The first-order valence-electron chi connectivity index (χ1n) is 12.0. The Morgan fingerprint density at radius 1 is 0.514 bits per heavy atom. The Balaban J connectivity index is 1.50. The Morgan fingerprint density at radius 3 is 1.26 bits per heavy atom. The molecule has 0 aliphatic carbocycles. The van der Waals surface area contributed by atoms with Crippen molar-refractivity contribution < 1.29 is 9.47 Å². The maximum atomic E-state index is 6.16. The molecular weight excluding hydrogens is 428 g/mol. The zero-order valence-corrected chi connectivity index (χ0v) is 20.9. The van der Waals surface area contributed by atoms with Crippen LogP contribution in [0.3, 0.4) is 0 Å². The molecule has 0 saturated carbocycles. The van der Waals surface area contributed by atoms with E-state index in [9.17, 15) is 0 Å². The van der Waals surface area contributed by atoms with E-state index in [4.69, 9.17) is 9.47 Å². The fraction of sp³-hybridized carbons (Fsp3) is 0.152. The van der Waals surface area contributed by atoms with Crippen LogP contribution in [-0.4, -0.2) is 0 Å². The van der Waals surface area contributed by atoms with Gasteiger partial charge in [0.2, 0.25) is 0 Å². The molecule has 2 nitrogen and oxygen atoms in total. The molecule has 0 N–H and O–H groups in total. The molecule has 0 aliphatic heterocycles. The topological polar surface area (TPSA) is 18.5 Å². The smallest absolute Gasteiger partial charge is 0.134 e. The summed E-state index contributed by atoms with van der Waals surface area (Å²) in [5, 5.41) is 0. The number of hydrogen-bond donors (Lipinski definition) is 0. The van der Waals surface area contributed by atoms with E-state index in [0.717, 1.165) is 34.1 Å². The zero-order valence-electron chi connectivity index (χ0n) is 20.9. The number of para-hydroxylation sites is 2. The van der Waals surface area contributed by atoms with Gasteiger partial charge >= 0.3 is 0 Å². The predicted molar refractivity (Wildman–Crippen MR) is 147 cm³/mol. The lowest BCUT2D eigenvalue weighted by atomic mass is 9.78. The second-order valence-corrected chi connectivity index (χ2v) is 8.95. The molecule has 2 heteroatoms. The van der Waals surface area contributed by atoms with Gasteiger partial charge in [-0.25, -0.2) is 0 Å². The summed E-state index contributed by atoms with van der Waals surface area (Å²) in [6.45, 7) is 8.49. The number of allylic oxidation sites excluding steroid dienone is 2. The minimum Gasteiger partial charge on any atom is -0.457 e. The van der Waals surface area contributed by atoms with Crippen molar-refractivity contribution >= 4 is 12.2 Å². The third kappa shape index (κ3) is 5.73. The average Bonchev–Trinajstić information content (AvgIpc) is 2.87. The van der Waals surface area contributed by atoms with Crippen LogP contribution in [0.5, 0.6) is 23.0 Å². The number of rotatable bonds is 8. The van der Waals surface area contributed by atoms with E-state index in [1.54, 1.807) is 0 Å². The molecule has 0 heterocycles. The Kier molecular flexibility index (Phi) is 7.52. The van der Waals surface area contributed by atoms with Crippen molar-refractivity contribution in [2.75, 3.05) is 0 Å². The first kappa shape index (κ1) is 24.1. The maximum absolute atomic E-state index is 6.16. The molecule has 0 atom stereocenters. The van der Waals surface area contributed by atoms with E-state index in [1.807, 2.05) is 86.7 Å². The quantitative estimate of drug-likeness (QED) is 0.260. The van der Waals surface area contributed by atoms with Gasteiger partial charge in [0.25, 0.3) is 0 Å². The highest BCUT2D eigenvalue weighted by Gasteiger charge is 2.23. The van der Waals surface area contributed by atoms with Crippen LogP contribution in [-0.2, 0) is 5.41 Å². The van der Waals surface area contributed by atoms with Gasteiger partial charge in [0.1, 0.15) is 23.0 Å². The molecule has 4 rings (SSSR count). The molecule has 0 spiro atoms. The van der Waals surface area contributed by atoms with Gasteiger partial charge in [-0.1, -0.05) is 98.8 Å². The van der Waals surface area contributed by atoms with Crippen molar-refractivity contribution in [3.05, 3.63) is 131 Å². The minimum atomic E-state index is -0.164. The molecule has 176 valence electrons. The van der Waals surface area contributed by atoms with Crippen molar-refractivity contribution in [1.82, 2.24) is 0 Å². The molecule has 0 saturated heterocycles. The van der Waals surface area contributed by atoms with E-state index < -0.39 is 0 Å². The highest BCUT2D eigenvalue weighted by molar-refractivity contribution is 5.59. The first-order valence-corrected chi connectivity index (χ1v) is 12.0. The minimum absolute atomic E-state index is 0.164. The number of benzene rings is 4. The lowest BCUT2D eigenvalue weighted by Crippen LogP contribution is -2.18. The van der Waals surface area contributed by atoms with Crippen LogP contribution >= 0.6 is 0 Å². The normalized spacial score (nSPS) is 11.8. The molecule has 0 radical (unpaired) electrons. The molecular formula is C33H32O2. The standard InChI is InChI=1S/C33H32O2/c1-5-11-25-13-7-9-15-31(25)34-29-21-17-27(18-22-29)33(3,4)28-19-23-30(24-20-28)35-32-16-10-8-14-26(32)12-6-2/h5-24H,1-4H3. The lowest BCUT2D eigenvalue weighted by Gasteiger charge is -2.26. The van der Waals surface area contributed by atoms with Gasteiger partial charge in [-0.05, 0) is 61.4 Å². The second-order valence-electron chi connectivity index (χ2n) is 8.95. The third-order valence-electron chi connectivity index (χ3n) is 6.14. The summed E-state index contributed by atoms with van der Waals surface area (Å²) in [4.78, 5) is 0. The summed E-state index contributed by atoms with van der Waals surface area (Å²) in [5.41, 5.74) is 4.41. The van der Waals surface area contributed by atoms with Crippen LogP contribution in [0.2, 0.25) is 0 Å². The van der Waals surface area contributed by atoms with E-state index in [2.05, 4.69) is 62.4 Å². The van der Waals surface area contributed by atoms with Gasteiger partial charge < -0.3 is 9.47 Å². The Morgan fingerprint density at radius 2 is 0.886 bits per heavy atom. The summed E-state index contributed by atoms with van der Waals surface area (Å²) in [5.74, 6) is 3.35. The molecule has 0 amide bonds. The number of ether oxygens (including phenoxy) is 2. The predicted octanol–water partition coefficient (Wildman–Crippen LogP) is 9.66. The van der Waals surface area contributed by atoms with Crippen molar-refractivity contribution in [2.45, 2.75) is 33.1 Å². The van der Waals surface area contributed by atoms with Gasteiger partial charge in [0, 0.05) is 16.5 Å². The van der Waals surface area contributed by atoms with Crippen LogP contribution in [0.15, 0.2) is 109 Å². The van der Waals surface area contributed by atoms with Gasteiger partial charge in [-0.3, -0.25) is 0 Å². The summed E-state index contributed by atoms with van der Waals surface area (Å²) >= 11 is 0. The maximum Gasteiger partial charge on any atom is 0.134 e. The van der Waals surface area contributed by atoms with E-state index in [-0.39, 0.29) is 5.41 Å². The Hall–Kier alpha value is -4.04. The van der Waals surface area contributed by atoms with Crippen LogP contribution in [0.25, 0.3) is 12.2 Å². The van der Waals surface area contributed by atoms with Crippen LogP contribution in [0.4, 0.5) is 0 Å². The highest BCUT2D eigenvalue weighted by atomic mass is 16.5. The Labute approximate surface area is 209 Å². The van der Waals surface area contributed by atoms with E-state index in [1.165, 1.54) is 11.1 Å². The molecule has 0 aromatic heterocycles. The molecule has 0 aliphatic rings. The molecule has 0 unspecified atom stereocenters. The van der Waals surface area contributed by atoms with Crippen LogP contribution in [0.1, 0.15) is 49.9 Å². The van der Waals surface area contributed by atoms with Gasteiger partial charge in [-0.2, -0.15) is 0 Å². The monoisotopic (exact) mass is 460 g/mol. The molecule has 35 heavy (non-hydrogen) atoms. The van der Waals surface area contributed by atoms with Crippen molar-refractivity contribution in [1.29, 1.82) is 0 Å². The Bertz CT molecular complexity index is 1210. The first-order chi connectivity index (χ1) is 17.0. The molecule has 4 aromatic rings. The summed E-state index contributed by atoms with van der Waals surface area (Å²) < 4.78 is 12.3. The van der Waals surface area contributed by atoms with Gasteiger partial charge in [0.15, 0.2) is 0 Å². The average molecular weight is 461 g/mol. The van der Waals surface area contributed by atoms with Crippen molar-refractivity contribution in [2.24, 2.45) is 0 Å². The number of hydrogen-bond acceptors (Lipinski definition) is 2. The van der Waals surface area contributed by atoms with Crippen molar-refractivity contribution in [3.8, 4) is 23.0 Å². The van der Waals surface area contributed by atoms with Crippen molar-refractivity contribution in [3.63, 3.8) is 0 Å².